The fraction of sp³-hybridized carbons (Fsp3) is 0.364. The third-order valence-corrected chi connectivity index (χ3v) is 3.13. The van der Waals surface area contributed by atoms with Crippen molar-refractivity contribution in [3.8, 4) is 11.5 Å². The van der Waals surface area contributed by atoms with Crippen LogP contribution >= 0.6 is 15.9 Å². The molecule has 1 aliphatic heterocycles. The molecule has 0 aliphatic carbocycles. The van der Waals surface area contributed by atoms with Crippen LogP contribution in [0, 0.1) is 5.82 Å². The first-order valence-corrected chi connectivity index (χ1v) is 5.95. The molecule has 2 N–H and O–H groups in total. The summed E-state index contributed by atoms with van der Waals surface area (Å²) < 4.78 is 24.7. The van der Waals surface area contributed by atoms with Gasteiger partial charge >= 0.3 is 0 Å². The summed E-state index contributed by atoms with van der Waals surface area (Å²) in [5.74, 6) is -0.295. The minimum Gasteiger partial charge on any atom is -0.486 e. The molecule has 0 radical (unpaired) electrons. The van der Waals surface area contributed by atoms with Gasteiger partial charge in [0.1, 0.15) is 19.0 Å². The third kappa shape index (κ3) is 2.28. The molecular formula is C11H11BrFNO3. The minimum absolute atomic E-state index is 0.0281. The molecule has 0 atom stereocenters. The number of ketones is 1. The fourth-order valence-corrected chi connectivity index (χ4v) is 2.35. The number of Topliss-reactive ketones (excluding diaryl/α,β-unsaturated/α-hetero) is 1. The first kappa shape index (κ1) is 12.3. The van der Waals surface area contributed by atoms with Crippen molar-refractivity contribution >= 4 is 21.7 Å². The summed E-state index contributed by atoms with van der Waals surface area (Å²) in [6, 6.07) is 1.17. The average Bonchev–Trinajstić information content (AvgIpc) is 2.29. The second kappa shape index (κ2) is 5.01. The monoisotopic (exact) mass is 303 g/mol. The maximum Gasteiger partial charge on any atom is 0.176 e. The second-order valence-electron chi connectivity index (χ2n) is 3.53. The number of halogens is 2. The lowest BCUT2D eigenvalue weighted by molar-refractivity contribution is 0.0978. The van der Waals surface area contributed by atoms with Gasteiger partial charge in [-0.2, -0.15) is 0 Å². The Morgan fingerprint density at radius 2 is 2.18 bits per heavy atom. The number of carbonyl (C=O) groups excluding carboxylic acids is 1. The smallest absolute Gasteiger partial charge is 0.176 e. The minimum atomic E-state index is -0.625. The van der Waals surface area contributed by atoms with E-state index in [1.54, 1.807) is 0 Å². The van der Waals surface area contributed by atoms with Crippen molar-refractivity contribution in [1.29, 1.82) is 0 Å². The molecule has 4 nitrogen and oxygen atoms in total. The molecule has 0 aromatic heterocycles. The molecule has 1 aliphatic rings. The molecule has 0 spiro atoms. The maximum atomic E-state index is 13.8. The number of nitrogens with two attached hydrogens (primary N) is 1. The summed E-state index contributed by atoms with van der Waals surface area (Å²) >= 11 is 3.18. The summed E-state index contributed by atoms with van der Waals surface area (Å²) in [7, 11) is 0. The average molecular weight is 304 g/mol. The van der Waals surface area contributed by atoms with Gasteiger partial charge in [0.25, 0.3) is 0 Å². The van der Waals surface area contributed by atoms with Crippen LogP contribution in [0.1, 0.15) is 16.8 Å². The van der Waals surface area contributed by atoms with E-state index in [0.717, 1.165) is 0 Å². The highest BCUT2D eigenvalue weighted by molar-refractivity contribution is 9.10. The molecule has 17 heavy (non-hydrogen) atoms. The molecule has 0 amide bonds. The Balaban J connectivity index is 2.49. The third-order valence-electron chi connectivity index (χ3n) is 2.38. The quantitative estimate of drug-likeness (QED) is 0.866. The van der Waals surface area contributed by atoms with Crippen LogP contribution in [0.15, 0.2) is 10.5 Å². The largest absolute Gasteiger partial charge is 0.486 e. The van der Waals surface area contributed by atoms with Gasteiger partial charge in [0.2, 0.25) is 0 Å². The van der Waals surface area contributed by atoms with Gasteiger partial charge in [-0.3, -0.25) is 4.79 Å². The number of fused-ring (bicyclic) bond motifs is 1. The van der Waals surface area contributed by atoms with E-state index < -0.39 is 5.82 Å². The van der Waals surface area contributed by atoms with E-state index in [4.69, 9.17) is 15.2 Å². The lowest BCUT2D eigenvalue weighted by Gasteiger charge is -2.21. The van der Waals surface area contributed by atoms with Crippen LogP contribution in [0.4, 0.5) is 4.39 Å². The van der Waals surface area contributed by atoms with Crippen LogP contribution in [0.25, 0.3) is 0 Å². The molecule has 0 saturated carbocycles. The maximum absolute atomic E-state index is 13.8. The summed E-state index contributed by atoms with van der Waals surface area (Å²) in [6.45, 7) is 0.926. The summed E-state index contributed by atoms with van der Waals surface area (Å²) in [4.78, 5) is 11.7. The number of hydrogen-bond acceptors (Lipinski definition) is 4. The van der Waals surface area contributed by atoms with Crippen molar-refractivity contribution in [2.24, 2.45) is 5.73 Å². The number of rotatable bonds is 3. The number of hydrogen-bond donors (Lipinski definition) is 1. The van der Waals surface area contributed by atoms with E-state index in [0.29, 0.717) is 29.2 Å². The van der Waals surface area contributed by atoms with Crippen molar-refractivity contribution in [3.05, 3.63) is 21.9 Å². The molecule has 1 heterocycles. The molecular weight excluding hydrogens is 293 g/mol. The lowest BCUT2D eigenvalue weighted by atomic mass is 10.1. The Morgan fingerprint density at radius 3 is 2.88 bits per heavy atom. The van der Waals surface area contributed by atoms with Crippen LogP contribution in [-0.4, -0.2) is 25.5 Å². The van der Waals surface area contributed by atoms with Gasteiger partial charge in [0, 0.05) is 12.5 Å². The Morgan fingerprint density at radius 1 is 1.47 bits per heavy atom. The van der Waals surface area contributed by atoms with Crippen LogP contribution < -0.4 is 15.2 Å². The van der Waals surface area contributed by atoms with Crippen molar-refractivity contribution < 1.29 is 18.7 Å². The van der Waals surface area contributed by atoms with E-state index in [9.17, 15) is 9.18 Å². The lowest BCUT2D eigenvalue weighted by Crippen LogP contribution is -2.18. The highest BCUT2D eigenvalue weighted by Crippen LogP contribution is 2.41. The van der Waals surface area contributed by atoms with Gasteiger partial charge in [0.15, 0.2) is 17.3 Å². The highest BCUT2D eigenvalue weighted by Gasteiger charge is 2.25. The van der Waals surface area contributed by atoms with Crippen LogP contribution in [0.2, 0.25) is 0 Å². The fourth-order valence-electron chi connectivity index (χ4n) is 1.63. The molecule has 0 bridgehead atoms. The standard InChI is InChI=1S/C11H11BrFNO3/c12-10-9(7(15)1-2-14)6(13)5-8-11(10)17-4-3-16-8/h5H,1-4,14H2. The summed E-state index contributed by atoms with van der Waals surface area (Å²) in [6.07, 6.45) is 0.0924. The van der Waals surface area contributed by atoms with Gasteiger partial charge in [-0.05, 0) is 22.5 Å². The first-order chi connectivity index (χ1) is 8.15. The topological polar surface area (TPSA) is 61.6 Å². The number of carbonyl (C=O) groups is 1. The van der Waals surface area contributed by atoms with Gasteiger partial charge in [-0.15, -0.1) is 0 Å². The second-order valence-corrected chi connectivity index (χ2v) is 4.33. The zero-order valence-corrected chi connectivity index (χ0v) is 10.5. The van der Waals surface area contributed by atoms with E-state index >= 15 is 0 Å². The van der Waals surface area contributed by atoms with E-state index in [-0.39, 0.29) is 24.3 Å². The predicted octanol–water partition coefficient (Wildman–Crippen LogP) is 1.89. The molecule has 6 heteroatoms. The summed E-state index contributed by atoms with van der Waals surface area (Å²) in [5, 5.41) is 0. The SMILES string of the molecule is NCCC(=O)c1c(F)cc2c(c1Br)OCCO2. The highest BCUT2D eigenvalue weighted by atomic mass is 79.9. The van der Waals surface area contributed by atoms with Crippen LogP contribution in [-0.2, 0) is 0 Å². The molecule has 1 aromatic rings. The van der Waals surface area contributed by atoms with Gasteiger partial charge in [-0.1, -0.05) is 0 Å². The van der Waals surface area contributed by atoms with E-state index in [1.165, 1.54) is 6.07 Å². The van der Waals surface area contributed by atoms with Crippen LogP contribution in [0.5, 0.6) is 11.5 Å². The molecule has 0 unspecified atom stereocenters. The molecule has 1 aromatic carbocycles. The Hall–Kier alpha value is -1.14. The molecule has 2 rings (SSSR count). The molecule has 92 valence electrons. The van der Waals surface area contributed by atoms with Gasteiger partial charge in [-0.25, -0.2) is 4.39 Å². The van der Waals surface area contributed by atoms with Crippen molar-refractivity contribution in [3.63, 3.8) is 0 Å². The van der Waals surface area contributed by atoms with E-state index in [1.807, 2.05) is 0 Å². The van der Waals surface area contributed by atoms with Gasteiger partial charge < -0.3 is 15.2 Å². The summed E-state index contributed by atoms with van der Waals surface area (Å²) in [5.41, 5.74) is 5.26. The number of benzene rings is 1. The van der Waals surface area contributed by atoms with Crippen molar-refractivity contribution in [2.75, 3.05) is 19.8 Å². The Labute approximate surface area is 106 Å². The van der Waals surface area contributed by atoms with Crippen LogP contribution in [0.3, 0.4) is 0 Å². The molecule has 0 fully saturated rings. The van der Waals surface area contributed by atoms with Crippen molar-refractivity contribution in [1.82, 2.24) is 0 Å². The number of ether oxygens (including phenoxy) is 2. The zero-order chi connectivity index (χ0) is 12.4. The van der Waals surface area contributed by atoms with Gasteiger partial charge in [0.05, 0.1) is 10.0 Å². The first-order valence-electron chi connectivity index (χ1n) is 5.16. The Kier molecular flexibility index (Phi) is 3.63. The predicted molar refractivity (Wildman–Crippen MR) is 63.1 cm³/mol. The van der Waals surface area contributed by atoms with Crippen molar-refractivity contribution in [2.45, 2.75) is 6.42 Å². The molecule has 0 saturated heterocycles. The zero-order valence-electron chi connectivity index (χ0n) is 8.96. The van der Waals surface area contributed by atoms with E-state index in [2.05, 4.69) is 15.9 Å². The Bertz CT molecular complexity index is 465. The normalized spacial score (nSPS) is 13.6.